The smallest absolute Gasteiger partial charge is 0.337 e. The molecule has 110 valence electrons. The summed E-state index contributed by atoms with van der Waals surface area (Å²) in [5.41, 5.74) is 1.18. The summed E-state index contributed by atoms with van der Waals surface area (Å²) < 4.78 is 4.62. The summed E-state index contributed by atoms with van der Waals surface area (Å²) >= 11 is 0.927. The van der Waals surface area contributed by atoms with Crippen molar-refractivity contribution in [3.8, 4) is 0 Å². The van der Waals surface area contributed by atoms with Gasteiger partial charge in [-0.05, 0) is 49.4 Å². The van der Waals surface area contributed by atoms with Crippen LogP contribution in [-0.4, -0.2) is 35.2 Å². The molecule has 0 spiro atoms. The fourth-order valence-electron chi connectivity index (χ4n) is 1.91. The van der Waals surface area contributed by atoms with Crippen molar-refractivity contribution in [3.63, 3.8) is 0 Å². The van der Waals surface area contributed by atoms with E-state index in [4.69, 9.17) is 0 Å². The van der Waals surface area contributed by atoms with E-state index in [1.165, 1.54) is 12.0 Å². The number of methoxy groups -OCH3 is 1. The molecule has 0 saturated carbocycles. The molecule has 1 fully saturated rings. The number of imide groups is 1. The molecule has 6 heteroatoms. The summed E-state index contributed by atoms with van der Waals surface area (Å²) in [5.74, 6) is -0.696. The van der Waals surface area contributed by atoms with Gasteiger partial charge in [-0.25, -0.2) is 4.79 Å². The summed E-state index contributed by atoms with van der Waals surface area (Å²) in [6.45, 7) is 3.59. The zero-order valence-electron chi connectivity index (χ0n) is 12.0. The van der Waals surface area contributed by atoms with Gasteiger partial charge in [0.15, 0.2) is 0 Å². The van der Waals surface area contributed by atoms with E-state index in [9.17, 15) is 14.4 Å². The number of hydrogen-bond donors (Lipinski definition) is 0. The van der Waals surface area contributed by atoms with Gasteiger partial charge >= 0.3 is 5.97 Å². The number of hydrogen-bond acceptors (Lipinski definition) is 5. The zero-order valence-corrected chi connectivity index (χ0v) is 12.8. The van der Waals surface area contributed by atoms with Crippen molar-refractivity contribution in [2.45, 2.75) is 19.9 Å². The molecule has 1 aromatic rings. The van der Waals surface area contributed by atoms with Gasteiger partial charge in [-0.2, -0.15) is 0 Å². The van der Waals surface area contributed by atoms with Gasteiger partial charge in [0.2, 0.25) is 0 Å². The zero-order chi connectivity index (χ0) is 15.6. The Morgan fingerprint density at radius 1 is 1.24 bits per heavy atom. The van der Waals surface area contributed by atoms with Crippen LogP contribution in [0.25, 0.3) is 6.08 Å². The Hall–Kier alpha value is -2.08. The van der Waals surface area contributed by atoms with E-state index in [2.05, 4.69) is 4.74 Å². The van der Waals surface area contributed by atoms with Gasteiger partial charge in [0.1, 0.15) is 0 Å². The molecule has 1 heterocycles. The van der Waals surface area contributed by atoms with Crippen LogP contribution in [0.15, 0.2) is 29.2 Å². The van der Waals surface area contributed by atoms with Crippen molar-refractivity contribution < 1.29 is 19.1 Å². The molecule has 0 aromatic heterocycles. The van der Waals surface area contributed by atoms with Gasteiger partial charge in [-0.1, -0.05) is 12.1 Å². The molecule has 1 aromatic carbocycles. The monoisotopic (exact) mass is 305 g/mol. The Labute approximate surface area is 127 Å². The maximum atomic E-state index is 12.1. The second kappa shape index (κ2) is 6.13. The lowest BCUT2D eigenvalue weighted by atomic mass is 10.1. The fourth-order valence-corrected chi connectivity index (χ4v) is 2.87. The third-order valence-corrected chi connectivity index (χ3v) is 3.85. The van der Waals surface area contributed by atoms with E-state index in [0.29, 0.717) is 10.5 Å². The molecular formula is C15H15NO4S. The van der Waals surface area contributed by atoms with E-state index in [0.717, 1.165) is 17.3 Å². The predicted octanol–water partition coefficient (Wildman–Crippen LogP) is 2.92. The molecule has 0 N–H and O–H groups in total. The number of nitrogens with zero attached hydrogens (tertiary/aromatic N) is 1. The van der Waals surface area contributed by atoms with Crippen LogP contribution in [0.5, 0.6) is 0 Å². The molecule has 0 radical (unpaired) electrons. The highest BCUT2D eigenvalue weighted by Gasteiger charge is 2.36. The van der Waals surface area contributed by atoms with Crippen LogP contribution in [-0.2, 0) is 9.53 Å². The molecule has 1 aliphatic rings. The molecule has 0 unspecified atom stereocenters. The first-order valence-corrected chi connectivity index (χ1v) is 7.21. The molecular weight excluding hydrogens is 290 g/mol. The lowest BCUT2D eigenvalue weighted by Crippen LogP contribution is -2.34. The SMILES string of the molecule is COC(=O)c1ccc(/C=C2\SC(=O)N(C(C)C)C2=O)cc1. The minimum Gasteiger partial charge on any atom is -0.465 e. The highest BCUT2D eigenvalue weighted by Crippen LogP contribution is 2.33. The highest BCUT2D eigenvalue weighted by molar-refractivity contribution is 8.18. The lowest BCUT2D eigenvalue weighted by Gasteiger charge is -2.16. The summed E-state index contributed by atoms with van der Waals surface area (Å²) in [5, 5.41) is -0.257. The Morgan fingerprint density at radius 3 is 2.33 bits per heavy atom. The van der Waals surface area contributed by atoms with E-state index >= 15 is 0 Å². The molecule has 2 amide bonds. The maximum absolute atomic E-state index is 12.1. The van der Waals surface area contributed by atoms with E-state index < -0.39 is 5.97 Å². The highest BCUT2D eigenvalue weighted by atomic mass is 32.2. The van der Waals surface area contributed by atoms with Crippen LogP contribution in [0.4, 0.5) is 4.79 Å². The maximum Gasteiger partial charge on any atom is 0.337 e. The fraction of sp³-hybridized carbons (Fsp3) is 0.267. The van der Waals surface area contributed by atoms with Gasteiger partial charge in [0.05, 0.1) is 17.6 Å². The number of esters is 1. The largest absolute Gasteiger partial charge is 0.465 e. The first-order chi connectivity index (χ1) is 9.93. The Balaban J connectivity index is 2.23. The number of ether oxygens (including phenoxy) is 1. The number of carbonyl (C=O) groups is 3. The van der Waals surface area contributed by atoms with Gasteiger partial charge in [0.25, 0.3) is 11.1 Å². The molecule has 0 aliphatic carbocycles. The summed E-state index contributed by atoms with van der Waals surface area (Å²) in [6.07, 6.45) is 1.65. The van der Waals surface area contributed by atoms with Crippen molar-refractivity contribution >= 4 is 35.0 Å². The van der Waals surface area contributed by atoms with Gasteiger partial charge in [-0.3, -0.25) is 14.5 Å². The van der Waals surface area contributed by atoms with Crippen molar-refractivity contribution in [2.75, 3.05) is 7.11 Å². The predicted molar refractivity (Wildman–Crippen MR) is 80.7 cm³/mol. The number of thioether (sulfide) groups is 1. The minimum atomic E-state index is -0.415. The molecule has 0 bridgehead atoms. The van der Waals surface area contributed by atoms with Crippen LogP contribution in [0.2, 0.25) is 0 Å². The number of amides is 2. The van der Waals surface area contributed by atoms with Gasteiger partial charge in [0, 0.05) is 6.04 Å². The first kappa shape index (κ1) is 15.3. The standard InChI is InChI=1S/C15H15NO4S/c1-9(2)16-13(17)12(21-15(16)19)8-10-4-6-11(7-5-10)14(18)20-3/h4-9H,1-3H3/b12-8-. The Morgan fingerprint density at radius 2 is 1.86 bits per heavy atom. The average molecular weight is 305 g/mol. The third kappa shape index (κ3) is 3.16. The van der Waals surface area contributed by atoms with Crippen LogP contribution in [0, 0.1) is 0 Å². The van der Waals surface area contributed by atoms with E-state index in [1.54, 1.807) is 44.2 Å². The lowest BCUT2D eigenvalue weighted by molar-refractivity contribution is -0.123. The van der Waals surface area contributed by atoms with Crippen molar-refractivity contribution in [3.05, 3.63) is 40.3 Å². The van der Waals surface area contributed by atoms with Crippen LogP contribution >= 0.6 is 11.8 Å². The quantitative estimate of drug-likeness (QED) is 0.634. The van der Waals surface area contributed by atoms with E-state index in [1.807, 2.05) is 0 Å². The molecule has 1 saturated heterocycles. The first-order valence-electron chi connectivity index (χ1n) is 6.39. The van der Waals surface area contributed by atoms with Crippen LogP contribution in [0.1, 0.15) is 29.8 Å². The van der Waals surface area contributed by atoms with Gasteiger partial charge < -0.3 is 4.74 Å². The number of carbonyl (C=O) groups excluding carboxylic acids is 3. The second-order valence-electron chi connectivity index (χ2n) is 4.76. The van der Waals surface area contributed by atoms with Crippen molar-refractivity contribution in [1.29, 1.82) is 0 Å². The van der Waals surface area contributed by atoms with E-state index in [-0.39, 0.29) is 17.2 Å². The third-order valence-electron chi connectivity index (χ3n) is 2.97. The van der Waals surface area contributed by atoms with Crippen molar-refractivity contribution in [2.24, 2.45) is 0 Å². The Bertz CT molecular complexity index is 619. The summed E-state index contributed by atoms with van der Waals surface area (Å²) in [4.78, 5) is 36.9. The van der Waals surface area contributed by atoms with Crippen LogP contribution in [0.3, 0.4) is 0 Å². The number of benzene rings is 1. The van der Waals surface area contributed by atoms with Crippen LogP contribution < -0.4 is 0 Å². The Kier molecular flexibility index (Phi) is 4.47. The molecule has 0 atom stereocenters. The average Bonchev–Trinajstić information content (AvgIpc) is 2.73. The van der Waals surface area contributed by atoms with Crippen molar-refractivity contribution in [1.82, 2.24) is 4.90 Å². The second-order valence-corrected chi connectivity index (χ2v) is 5.75. The normalized spacial score (nSPS) is 17.0. The number of rotatable bonds is 3. The minimum absolute atomic E-state index is 0.162. The van der Waals surface area contributed by atoms with Gasteiger partial charge in [-0.15, -0.1) is 0 Å². The molecule has 5 nitrogen and oxygen atoms in total. The molecule has 21 heavy (non-hydrogen) atoms. The summed E-state index contributed by atoms with van der Waals surface area (Å²) in [7, 11) is 1.32. The topological polar surface area (TPSA) is 63.7 Å². The molecule has 2 rings (SSSR count). The summed E-state index contributed by atoms with van der Waals surface area (Å²) in [6, 6.07) is 6.48. The molecule has 1 aliphatic heterocycles.